The van der Waals surface area contributed by atoms with E-state index < -0.39 is 0 Å². The summed E-state index contributed by atoms with van der Waals surface area (Å²) in [6, 6.07) is 11.4. The van der Waals surface area contributed by atoms with Crippen LogP contribution < -0.4 is 4.74 Å². The molecule has 0 radical (unpaired) electrons. The Bertz CT molecular complexity index is 580. The van der Waals surface area contributed by atoms with E-state index >= 15 is 0 Å². The lowest BCUT2D eigenvalue weighted by Gasteiger charge is -2.01. The minimum Gasteiger partial charge on any atom is -0.508 e. The zero-order valence-electron chi connectivity index (χ0n) is 10.4. The molecule has 5 nitrogen and oxygen atoms in total. The SMILES string of the molecule is COc1ccc(N=NCc2cc(O)ccc2O)cc1. The van der Waals surface area contributed by atoms with Crippen molar-refractivity contribution < 1.29 is 14.9 Å². The minimum atomic E-state index is 0.0893. The van der Waals surface area contributed by atoms with Crippen molar-refractivity contribution in [1.29, 1.82) is 0 Å². The average Bonchev–Trinajstić information content (AvgIpc) is 2.43. The Hall–Kier alpha value is -2.56. The van der Waals surface area contributed by atoms with Crippen molar-refractivity contribution >= 4 is 5.69 Å². The van der Waals surface area contributed by atoms with E-state index in [1.807, 2.05) is 0 Å². The van der Waals surface area contributed by atoms with Gasteiger partial charge in [0.1, 0.15) is 17.2 Å². The van der Waals surface area contributed by atoms with Crippen molar-refractivity contribution in [3.8, 4) is 17.2 Å². The van der Waals surface area contributed by atoms with Crippen LogP contribution in [0, 0.1) is 0 Å². The predicted molar refractivity (Wildman–Crippen MR) is 71.0 cm³/mol. The quantitative estimate of drug-likeness (QED) is 0.652. The van der Waals surface area contributed by atoms with Gasteiger partial charge in [-0.3, -0.25) is 0 Å². The van der Waals surface area contributed by atoms with Gasteiger partial charge in [0.2, 0.25) is 0 Å². The molecule has 0 unspecified atom stereocenters. The van der Waals surface area contributed by atoms with Crippen molar-refractivity contribution in [3.05, 3.63) is 48.0 Å². The van der Waals surface area contributed by atoms with Crippen LogP contribution in [0.2, 0.25) is 0 Å². The number of hydrogen-bond acceptors (Lipinski definition) is 5. The summed E-state index contributed by atoms with van der Waals surface area (Å²) in [4.78, 5) is 0. The van der Waals surface area contributed by atoms with Crippen molar-refractivity contribution in [3.63, 3.8) is 0 Å². The highest BCUT2D eigenvalue weighted by atomic mass is 16.5. The van der Waals surface area contributed by atoms with Crippen molar-refractivity contribution in [2.75, 3.05) is 7.11 Å². The monoisotopic (exact) mass is 258 g/mol. The molecular formula is C14H14N2O3. The molecule has 0 atom stereocenters. The predicted octanol–water partition coefficient (Wildman–Crippen LogP) is 3.39. The second-order valence-electron chi connectivity index (χ2n) is 3.91. The first-order valence-electron chi connectivity index (χ1n) is 5.71. The van der Waals surface area contributed by atoms with Gasteiger partial charge in [-0.05, 0) is 42.5 Å². The topological polar surface area (TPSA) is 74.4 Å². The van der Waals surface area contributed by atoms with E-state index in [1.165, 1.54) is 18.2 Å². The second-order valence-corrected chi connectivity index (χ2v) is 3.91. The zero-order valence-corrected chi connectivity index (χ0v) is 10.4. The lowest BCUT2D eigenvalue weighted by molar-refractivity contribution is 0.415. The summed E-state index contributed by atoms with van der Waals surface area (Å²) in [6.07, 6.45) is 0. The fraction of sp³-hybridized carbons (Fsp3) is 0.143. The van der Waals surface area contributed by atoms with Gasteiger partial charge in [0.15, 0.2) is 0 Å². The lowest BCUT2D eigenvalue weighted by Crippen LogP contribution is -1.82. The first kappa shape index (κ1) is 12.9. The molecule has 0 aromatic heterocycles. The van der Waals surface area contributed by atoms with Gasteiger partial charge < -0.3 is 14.9 Å². The highest BCUT2D eigenvalue weighted by Crippen LogP contribution is 2.24. The van der Waals surface area contributed by atoms with Gasteiger partial charge in [-0.2, -0.15) is 10.2 Å². The summed E-state index contributed by atoms with van der Waals surface area (Å²) in [5, 5.41) is 26.9. The standard InChI is InChI=1S/C14H14N2O3/c1-19-13-5-2-11(3-6-13)16-15-9-10-8-12(17)4-7-14(10)18/h2-8,17-18H,9H2,1H3. The van der Waals surface area contributed by atoms with Gasteiger partial charge in [0, 0.05) is 5.56 Å². The van der Waals surface area contributed by atoms with E-state index in [0.717, 1.165) is 5.75 Å². The number of rotatable bonds is 4. The number of nitrogens with zero attached hydrogens (tertiary/aromatic N) is 2. The number of azo groups is 1. The van der Waals surface area contributed by atoms with Crippen LogP contribution in [0.15, 0.2) is 52.7 Å². The Morgan fingerprint density at radius 2 is 1.79 bits per heavy atom. The fourth-order valence-corrected chi connectivity index (χ4v) is 1.54. The first-order valence-corrected chi connectivity index (χ1v) is 5.71. The molecule has 19 heavy (non-hydrogen) atoms. The van der Waals surface area contributed by atoms with Crippen LogP contribution in [0.5, 0.6) is 17.2 Å². The molecule has 0 saturated carbocycles. The van der Waals surface area contributed by atoms with Crippen LogP contribution in [0.4, 0.5) is 5.69 Å². The molecule has 0 spiro atoms. The number of phenolic OH excluding ortho intramolecular Hbond substituents is 2. The van der Waals surface area contributed by atoms with Gasteiger partial charge in [-0.1, -0.05) is 0 Å². The maximum Gasteiger partial charge on any atom is 0.120 e. The molecule has 0 aliphatic heterocycles. The summed E-state index contributed by atoms with van der Waals surface area (Å²) < 4.78 is 5.04. The Morgan fingerprint density at radius 1 is 1.05 bits per heavy atom. The van der Waals surface area contributed by atoms with Gasteiger partial charge in [-0.25, -0.2) is 0 Å². The summed E-state index contributed by atoms with van der Waals surface area (Å²) in [7, 11) is 1.60. The number of methoxy groups -OCH3 is 1. The molecule has 2 aromatic carbocycles. The van der Waals surface area contributed by atoms with Crippen molar-refractivity contribution in [2.45, 2.75) is 6.54 Å². The van der Waals surface area contributed by atoms with Crippen LogP contribution in [-0.4, -0.2) is 17.3 Å². The summed E-state index contributed by atoms with van der Waals surface area (Å²) in [5.74, 6) is 0.934. The number of ether oxygens (including phenoxy) is 1. The molecule has 0 bridgehead atoms. The van der Waals surface area contributed by atoms with Crippen molar-refractivity contribution in [1.82, 2.24) is 0 Å². The number of phenols is 2. The minimum absolute atomic E-state index is 0.0893. The van der Waals surface area contributed by atoms with Gasteiger partial charge in [0.25, 0.3) is 0 Å². The molecule has 0 aliphatic rings. The Kier molecular flexibility index (Phi) is 3.97. The Morgan fingerprint density at radius 3 is 2.47 bits per heavy atom. The first-order chi connectivity index (χ1) is 9.19. The van der Waals surface area contributed by atoms with Gasteiger partial charge in [-0.15, -0.1) is 0 Å². The van der Waals surface area contributed by atoms with E-state index in [2.05, 4.69) is 10.2 Å². The van der Waals surface area contributed by atoms with Crippen LogP contribution in [0.25, 0.3) is 0 Å². The Labute approximate surface area is 110 Å². The van der Waals surface area contributed by atoms with E-state index in [9.17, 15) is 10.2 Å². The molecule has 2 N–H and O–H groups in total. The number of benzene rings is 2. The molecule has 5 heteroatoms. The third-order valence-electron chi connectivity index (χ3n) is 2.56. The van der Waals surface area contributed by atoms with E-state index in [-0.39, 0.29) is 18.0 Å². The largest absolute Gasteiger partial charge is 0.508 e. The van der Waals surface area contributed by atoms with E-state index in [1.54, 1.807) is 31.4 Å². The number of aromatic hydroxyl groups is 2. The molecule has 0 heterocycles. The molecule has 0 fully saturated rings. The third-order valence-corrected chi connectivity index (χ3v) is 2.56. The van der Waals surface area contributed by atoms with Crippen LogP contribution in [0.3, 0.4) is 0 Å². The van der Waals surface area contributed by atoms with Crippen molar-refractivity contribution in [2.24, 2.45) is 10.2 Å². The second kappa shape index (κ2) is 5.86. The number of hydrogen-bond donors (Lipinski definition) is 2. The van der Waals surface area contributed by atoms with Crippen LogP contribution >= 0.6 is 0 Å². The third kappa shape index (κ3) is 3.45. The summed E-state index contributed by atoms with van der Waals surface area (Å²) in [5.41, 5.74) is 1.22. The molecule has 2 rings (SSSR count). The molecule has 0 aliphatic carbocycles. The average molecular weight is 258 g/mol. The molecular weight excluding hydrogens is 244 g/mol. The van der Waals surface area contributed by atoms with Gasteiger partial charge >= 0.3 is 0 Å². The highest BCUT2D eigenvalue weighted by molar-refractivity contribution is 5.41. The highest BCUT2D eigenvalue weighted by Gasteiger charge is 2.01. The fourth-order valence-electron chi connectivity index (χ4n) is 1.54. The molecule has 0 saturated heterocycles. The molecule has 2 aromatic rings. The molecule has 0 amide bonds. The van der Waals surface area contributed by atoms with E-state index in [4.69, 9.17) is 4.74 Å². The zero-order chi connectivity index (χ0) is 13.7. The Balaban J connectivity index is 2.04. The van der Waals surface area contributed by atoms with Crippen LogP contribution in [-0.2, 0) is 6.54 Å². The van der Waals surface area contributed by atoms with Crippen LogP contribution in [0.1, 0.15) is 5.56 Å². The maximum atomic E-state index is 9.57. The normalized spacial score (nSPS) is 10.8. The maximum absolute atomic E-state index is 9.57. The summed E-state index contributed by atoms with van der Waals surface area (Å²) >= 11 is 0. The van der Waals surface area contributed by atoms with E-state index in [0.29, 0.717) is 11.3 Å². The lowest BCUT2D eigenvalue weighted by atomic mass is 10.2. The molecule has 98 valence electrons. The van der Waals surface area contributed by atoms with Gasteiger partial charge in [0.05, 0.1) is 19.3 Å². The summed E-state index contributed by atoms with van der Waals surface area (Å²) in [6.45, 7) is 0.201. The smallest absolute Gasteiger partial charge is 0.120 e.